The average Bonchev–Trinajstić information content (AvgIpc) is 2.59. The Labute approximate surface area is 172 Å². The Hall–Kier alpha value is -1.93. The molecule has 0 saturated carbocycles. The van der Waals surface area contributed by atoms with Gasteiger partial charge in [0.1, 0.15) is 12.4 Å². The van der Waals surface area contributed by atoms with Crippen molar-refractivity contribution in [3.63, 3.8) is 0 Å². The van der Waals surface area contributed by atoms with Crippen LogP contribution in [0.5, 0.6) is 5.75 Å². The van der Waals surface area contributed by atoms with Crippen LogP contribution in [0, 0.1) is 28.6 Å². The molecule has 0 aromatic heterocycles. The lowest BCUT2D eigenvalue weighted by Gasteiger charge is -2.10. The fourth-order valence-corrected chi connectivity index (χ4v) is 4.18. The minimum absolute atomic E-state index is 0.00569. The van der Waals surface area contributed by atoms with Crippen LogP contribution in [0.15, 0.2) is 49.1 Å². The molecule has 0 amide bonds. The molecule has 0 N–H and O–H groups in total. The number of nitrogens with zero attached hydrogens (tertiary/aromatic N) is 2. The number of halogens is 2. The van der Waals surface area contributed by atoms with Gasteiger partial charge in [0.15, 0.2) is 0 Å². The molecule has 0 bridgehead atoms. The van der Waals surface area contributed by atoms with E-state index >= 15 is 0 Å². The van der Waals surface area contributed by atoms with Gasteiger partial charge in [0.05, 0.1) is 23.7 Å². The van der Waals surface area contributed by atoms with Gasteiger partial charge in [-0.3, -0.25) is 10.1 Å². The fraction of sp³-hybridized carbons (Fsp3) is 0.0556. The van der Waals surface area contributed by atoms with Crippen LogP contribution >= 0.6 is 45.2 Å². The van der Waals surface area contributed by atoms with E-state index in [0.29, 0.717) is 17.7 Å². The number of nitriles is 1. The highest BCUT2D eigenvalue weighted by Gasteiger charge is 2.10. The molecule has 5 nitrogen and oxygen atoms in total. The van der Waals surface area contributed by atoms with Gasteiger partial charge in [0.25, 0.3) is 5.69 Å². The Morgan fingerprint density at radius 2 is 1.88 bits per heavy atom. The van der Waals surface area contributed by atoms with E-state index in [2.05, 4.69) is 57.8 Å². The second kappa shape index (κ2) is 8.96. The molecule has 7 heteroatoms. The molecular weight excluding hydrogens is 546 g/mol. The van der Waals surface area contributed by atoms with Crippen LogP contribution in [0.2, 0.25) is 0 Å². The Bertz CT molecular complexity index is 861. The summed E-state index contributed by atoms with van der Waals surface area (Å²) in [5, 5.41) is 20.2. The van der Waals surface area contributed by atoms with Crippen LogP contribution in [0.1, 0.15) is 11.1 Å². The summed E-state index contributed by atoms with van der Waals surface area (Å²) in [6.45, 7) is 4.06. The summed E-state index contributed by atoms with van der Waals surface area (Å²) in [4.78, 5) is 10.3. The predicted molar refractivity (Wildman–Crippen MR) is 114 cm³/mol. The van der Waals surface area contributed by atoms with Crippen LogP contribution in [0.3, 0.4) is 0 Å². The molecule has 0 spiro atoms. The molecule has 0 aliphatic rings. The van der Waals surface area contributed by atoms with Crippen molar-refractivity contribution in [3.05, 3.63) is 77.4 Å². The highest BCUT2D eigenvalue weighted by atomic mass is 127. The number of benzene rings is 2. The first-order valence-corrected chi connectivity index (χ1v) is 9.21. The summed E-state index contributed by atoms with van der Waals surface area (Å²) in [5.41, 5.74) is 1.91. The van der Waals surface area contributed by atoms with Gasteiger partial charge in [-0.05, 0) is 86.7 Å². The molecule has 0 unspecified atom stereocenters. The second-order valence-electron chi connectivity index (χ2n) is 4.89. The van der Waals surface area contributed by atoms with Gasteiger partial charge >= 0.3 is 0 Å². The molecule has 0 radical (unpaired) electrons. The molecular formula is C18H12I2N2O3. The van der Waals surface area contributed by atoms with Crippen LogP contribution in [-0.4, -0.2) is 11.5 Å². The number of nitro benzene ring substituents is 1. The van der Waals surface area contributed by atoms with E-state index in [1.54, 1.807) is 24.3 Å². The maximum atomic E-state index is 10.7. The van der Waals surface area contributed by atoms with Crippen LogP contribution in [0.4, 0.5) is 5.69 Å². The number of ether oxygens (including phenoxy) is 1. The molecule has 0 heterocycles. The topological polar surface area (TPSA) is 76.2 Å². The van der Waals surface area contributed by atoms with E-state index in [1.807, 2.05) is 12.1 Å². The van der Waals surface area contributed by atoms with Crippen LogP contribution < -0.4 is 4.74 Å². The van der Waals surface area contributed by atoms with E-state index in [9.17, 15) is 15.4 Å². The van der Waals surface area contributed by atoms with Crippen molar-refractivity contribution in [2.45, 2.75) is 0 Å². The maximum Gasteiger partial charge on any atom is 0.269 e. The van der Waals surface area contributed by atoms with E-state index in [0.717, 1.165) is 18.5 Å². The van der Waals surface area contributed by atoms with Crippen molar-refractivity contribution in [2.75, 3.05) is 6.61 Å². The van der Waals surface area contributed by atoms with E-state index in [1.165, 1.54) is 12.1 Å². The molecule has 25 heavy (non-hydrogen) atoms. The second-order valence-corrected chi connectivity index (χ2v) is 7.21. The first-order chi connectivity index (χ1) is 12.0. The molecule has 0 atom stereocenters. The van der Waals surface area contributed by atoms with Crippen molar-refractivity contribution >= 4 is 62.5 Å². The fourth-order valence-electron chi connectivity index (χ4n) is 2.05. The monoisotopic (exact) mass is 558 g/mol. The number of hydrogen-bond donors (Lipinski definition) is 0. The Morgan fingerprint density at radius 3 is 2.36 bits per heavy atom. The summed E-state index contributed by atoms with van der Waals surface area (Å²) >= 11 is 4.37. The third kappa shape index (κ3) is 5.02. The molecule has 0 aliphatic carbocycles. The van der Waals surface area contributed by atoms with Crippen molar-refractivity contribution in [2.24, 2.45) is 0 Å². The van der Waals surface area contributed by atoms with Crippen LogP contribution in [0.25, 0.3) is 11.6 Å². The van der Waals surface area contributed by atoms with Crippen LogP contribution in [-0.2, 0) is 0 Å². The maximum absolute atomic E-state index is 10.7. The van der Waals surface area contributed by atoms with E-state index < -0.39 is 4.92 Å². The van der Waals surface area contributed by atoms with Crippen molar-refractivity contribution in [1.82, 2.24) is 0 Å². The number of non-ortho nitro benzene ring substituents is 1. The normalized spacial score (nSPS) is 10.8. The van der Waals surface area contributed by atoms with Crippen molar-refractivity contribution < 1.29 is 9.66 Å². The van der Waals surface area contributed by atoms with E-state index in [-0.39, 0.29) is 5.69 Å². The third-order valence-corrected chi connectivity index (χ3v) is 4.79. The first kappa shape index (κ1) is 19.4. The minimum atomic E-state index is -0.466. The standard InChI is InChI=1S/C18H12I2N2O3/c1-2-7-25-18-16(19)9-12(10-17(18)20)8-14(11-21)13-3-5-15(6-4-13)22(23)24/h2-6,8-10H,1,7H2/b14-8-. The molecule has 0 fully saturated rings. The number of allylic oxidation sites excluding steroid dienone is 1. The predicted octanol–water partition coefficient (Wildman–Crippen LogP) is 5.43. The molecule has 0 saturated heterocycles. The molecule has 2 aromatic rings. The number of hydrogen-bond acceptors (Lipinski definition) is 4. The smallest absolute Gasteiger partial charge is 0.269 e. The lowest BCUT2D eigenvalue weighted by atomic mass is 10.0. The number of nitro groups is 1. The van der Waals surface area contributed by atoms with Gasteiger partial charge < -0.3 is 4.74 Å². The summed E-state index contributed by atoms with van der Waals surface area (Å²) in [6.07, 6.45) is 3.44. The lowest BCUT2D eigenvalue weighted by Crippen LogP contribution is -1.98. The van der Waals surface area contributed by atoms with Crippen molar-refractivity contribution in [3.8, 4) is 11.8 Å². The first-order valence-electron chi connectivity index (χ1n) is 7.05. The molecule has 0 aliphatic heterocycles. The zero-order valence-corrected chi connectivity index (χ0v) is 17.2. The Morgan fingerprint density at radius 1 is 1.28 bits per heavy atom. The van der Waals surface area contributed by atoms with Gasteiger partial charge in [0, 0.05) is 12.1 Å². The van der Waals surface area contributed by atoms with Gasteiger partial charge in [-0.2, -0.15) is 5.26 Å². The summed E-state index contributed by atoms with van der Waals surface area (Å²) in [6, 6.07) is 11.9. The van der Waals surface area contributed by atoms with Gasteiger partial charge in [-0.25, -0.2) is 0 Å². The highest BCUT2D eigenvalue weighted by Crippen LogP contribution is 2.30. The zero-order chi connectivity index (χ0) is 18.4. The van der Waals surface area contributed by atoms with Crippen molar-refractivity contribution in [1.29, 1.82) is 5.26 Å². The van der Waals surface area contributed by atoms with Gasteiger partial charge in [-0.15, -0.1) is 0 Å². The SMILES string of the molecule is C=CCOc1c(I)cc(/C=C(/C#N)c2ccc([N+](=O)[O-])cc2)cc1I. The minimum Gasteiger partial charge on any atom is -0.487 e. The lowest BCUT2D eigenvalue weighted by molar-refractivity contribution is -0.384. The zero-order valence-electron chi connectivity index (χ0n) is 12.9. The highest BCUT2D eigenvalue weighted by molar-refractivity contribution is 14.1. The third-order valence-electron chi connectivity index (χ3n) is 3.19. The Balaban J connectivity index is 2.38. The summed E-state index contributed by atoms with van der Waals surface area (Å²) in [5.74, 6) is 0.784. The largest absolute Gasteiger partial charge is 0.487 e. The van der Waals surface area contributed by atoms with Gasteiger partial charge in [-0.1, -0.05) is 12.7 Å². The molecule has 2 aromatic carbocycles. The molecule has 2 rings (SSSR count). The van der Waals surface area contributed by atoms with E-state index in [4.69, 9.17) is 4.74 Å². The summed E-state index contributed by atoms with van der Waals surface area (Å²) < 4.78 is 7.50. The average molecular weight is 558 g/mol. The van der Waals surface area contributed by atoms with Gasteiger partial charge in [0.2, 0.25) is 0 Å². The Kier molecular flexibility index (Phi) is 6.95. The number of rotatable bonds is 6. The quantitative estimate of drug-likeness (QED) is 0.118. The summed E-state index contributed by atoms with van der Waals surface area (Å²) in [7, 11) is 0. The molecule has 126 valence electrons.